The molecule has 0 fully saturated rings. The van der Waals surface area contributed by atoms with Gasteiger partial charge in [-0.1, -0.05) is 20.8 Å². The number of hydrogen-bond acceptors (Lipinski definition) is 5. The van der Waals surface area contributed by atoms with Gasteiger partial charge >= 0.3 is 17.4 Å². The molecule has 0 bridgehead atoms. The monoisotopic (exact) mass is 246 g/mol. The smallest absolute Gasteiger partial charge is 0.855 e. The van der Waals surface area contributed by atoms with E-state index in [-0.39, 0.29) is 36.4 Å². The fourth-order valence-electron chi connectivity index (χ4n) is 0.528. The zero-order valence-corrected chi connectivity index (χ0v) is 11.3. The quantitative estimate of drug-likeness (QED) is 0.415. The van der Waals surface area contributed by atoms with Crippen LogP contribution in [0.1, 0.15) is 40.0 Å². The molecule has 0 N–H and O–H groups in total. The standard InChI is InChI=1S/C6H10O3.2C2H5O.Al/c1-2-3-5(7)4-6(8)9;2*1-2-3;/h2-4H2,1H3,(H,8,9);2*2H2,1H3;/q;2*-1;+3/p-1. The van der Waals surface area contributed by atoms with Gasteiger partial charge in [0.1, 0.15) is 5.78 Å². The molecule has 0 spiro atoms. The minimum absolute atomic E-state index is 0. The van der Waals surface area contributed by atoms with Gasteiger partial charge in [0.25, 0.3) is 0 Å². The largest absolute Gasteiger partial charge is 3.00 e. The van der Waals surface area contributed by atoms with Crippen LogP contribution in [-0.2, 0) is 9.59 Å². The molecule has 5 nitrogen and oxygen atoms in total. The Kier molecular flexibility index (Phi) is 37.1. The molecular weight excluding hydrogens is 227 g/mol. The predicted molar refractivity (Wildman–Crippen MR) is 56.4 cm³/mol. The first-order chi connectivity index (χ1) is 6.99. The second-order valence-corrected chi connectivity index (χ2v) is 2.41. The molecule has 0 aromatic carbocycles. The van der Waals surface area contributed by atoms with E-state index in [1.54, 1.807) is 13.8 Å². The van der Waals surface area contributed by atoms with Crippen molar-refractivity contribution in [2.24, 2.45) is 0 Å². The summed E-state index contributed by atoms with van der Waals surface area (Å²) < 4.78 is 0. The molecule has 16 heavy (non-hydrogen) atoms. The topological polar surface area (TPSA) is 103 Å². The van der Waals surface area contributed by atoms with Crippen LogP contribution in [0.2, 0.25) is 0 Å². The number of aliphatic carboxylic acids is 1. The number of carboxylic acid groups (broad SMARTS) is 1. The molecule has 0 amide bonds. The summed E-state index contributed by atoms with van der Waals surface area (Å²) in [5.41, 5.74) is 0. The first kappa shape index (κ1) is 24.7. The van der Waals surface area contributed by atoms with Gasteiger partial charge in [-0.15, -0.1) is 13.2 Å². The molecule has 0 saturated carbocycles. The molecule has 0 atom stereocenters. The van der Waals surface area contributed by atoms with Gasteiger partial charge in [0.15, 0.2) is 0 Å². The van der Waals surface area contributed by atoms with E-state index in [1.165, 1.54) is 0 Å². The third-order valence-corrected chi connectivity index (χ3v) is 0.870. The first-order valence-corrected chi connectivity index (χ1v) is 4.87. The van der Waals surface area contributed by atoms with Gasteiger partial charge in [-0.25, -0.2) is 0 Å². The Labute approximate surface area is 108 Å². The van der Waals surface area contributed by atoms with Crippen LogP contribution in [0.25, 0.3) is 0 Å². The Morgan fingerprint density at radius 3 is 1.50 bits per heavy atom. The summed E-state index contributed by atoms with van der Waals surface area (Å²) in [6, 6.07) is 0. The third-order valence-electron chi connectivity index (χ3n) is 0.870. The molecule has 0 unspecified atom stereocenters. The van der Waals surface area contributed by atoms with Crippen LogP contribution >= 0.6 is 0 Å². The molecule has 0 radical (unpaired) electrons. The van der Waals surface area contributed by atoms with E-state index in [4.69, 9.17) is 10.2 Å². The number of carbonyl (C=O) groups is 2. The summed E-state index contributed by atoms with van der Waals surface area (Å²) in [5.74, 6) is -1.54. The fraction of sp³-hybridized carbons (Fsp3) is 0.800. The van der Waals surface area contributed by atoms with Crippen LogP contribution < -0.4 is 15.3 Å². The SMILES string of the molecule is CCCC(=O)CC(=O)[O-].CC[O-].CC[O-].[Al+3]. The summed E-state index contributed by atoms with van der Waals surface area (Å²) in [6.07, 6.45) is 0.605. The normalized spacial score (nSPS) is 7.31. The van der Waals surface area contributed by atoms with Crippen molar-refractivity contribution in [3.63, 3.8) is 0 Å². The van der Waals surface area contributed by atoms with Crippen molar-refractivity contribution in [2.45, 2.75) is 40.0 Å². The maximum absolute atomic E-state index is 10.4. The van der Waals surface area contributed by atoms with Crippen LogP contribution in [-0.4, -0.2) is 42.3 Å². The Balaban J connectivity index is -0.0000000870. The number of Topliss-reactive ketones (excluding diaryl/α,β-unsaturated/α-hetero) is 1. The maximum Gasteiger partial charge on any atom is 3.00 e. The molecule has 0 aromatic rings. The van der Waals surface area contributed by atoms with E-state index < -0.39 is 12.4 Å². The van der Waals surface area contributed by atoms with Crippen molar-refractivity contribution >= 4 is 29.1 Å². The van der Waals surface area contributed by atoms with E-state index >= 15 is 0 Å². The number of hydrogen-bond donors (Lipinski definition) is 0. The van der Waals surface area contributed by atoms with Gasteiger partial charge in [-0.05, 0) is 6.42 Å². The average Bonchev–Trinajstić information content (AvgIpc) is 2.05. The van der Waals surface area contributed by atoms with Gasteiger partial charge in [0, 0.05) is 18.8 Å². The van der Waals surface area contributed by atoms with E-state index in [0.29, 0.717) is 12.8 Å². The van der Waals surface area contributed by atoms with Gasteiger partial charge in [-0.2, -0.15) is 0 Å². The second kappa shape index (κ2) is 24.0. The van der Waals surface area contributed by atoms with Crippen LogP contribution in [0, 0.1) is 0 Å². The maximum atomic E-state index is 10.4. The molecule has 0 aliphatic heterocycles. The van der Waals surface area contributed by atoms with Gasteiger partial charge in [0.05, 0.1) is 0 Å². The van der Waals surface area contributed by atoms with Crippen molar-refractivity contribution < 1.29 is 24.9 Å². The molecule has 0 aliphatic rings. The molecule has 0 saturated heterocycles. The van der Waals surface area contributed by atoms with Gasteiger partial charge in [0.2, 0.25) is 0 Å². The van der Waals surface area contributed by atoms with Crippen LogP contribution in [0.4, 0.5) is 0 Å². The number of carboxylic acids is 1. The molecule has 0 rings (SSSR count). The summed E-state index contributed by atoms with van der Waals surface area (Å²) in [6.45, 7) is 4.97. The van der Waals surface area contributed by atoms with E-state index in [2.05, 4.69) is 0 Å². The Morgan fingerprint density at radius 1 is 1.00 bits per heavy atom. The molecular formula is C10H19AlO5. The van der Waals surface area contributed by atoms with Crippen LogP contribution in [0.15, 0.2) is 0 Å². The zero-order valence-electron chi connectivity index (χ0n) is 10.2. The Hall–Kier alpha value is -0.408. The minimum Gasteiger partial charge on any atom is -0.855 e. The Morgan fingerprint density at radius 2 is 1.31 bits per heavy atom. The third kappa shape index (κ3) is 49.6. The zero-order chi connectivity index (χ0) is 12.7. The van der Waals surface area contributed by atoms with Crippen molar-refractivity contribution in [3.8, 4) is 0 Å². The van der Waals surface area contributed by atoms with Gasteiger partial charge in [-0.3, -0.25) is 4.79 Å². The van der Waals surface area contributed by atoms with Crippen LogP contribution in [0.3, 0.4) is 0 Å². The number of carbonyl (C=O) groups excluding carboxylic acids is 2. The molecule has 0 aliphatic carbocycles. The van der Waals surface area contributed by atoms with Crippen molar-refractivity contribution in [2.75, 3.05) is 13.2 Å². The van der Waals surface area contributed by atoms with Gasteiger partial charge < -0.3 is 20.1 Å². The summed E-state index contributed by atoms with van der Waals surface area (Å²) >= 11 is 0. The molecule has 0 aromatic heterocycles. The summed E-state index contributed by atoms with van der Waals surface area (Å²) in [5, 5.41) is 27.6. The van der Waals surface area contributed by atoms with E-state index in [1.807, 2.05) is 6.92 Å². The molecule has 6 heteroatoms. The van der Waals surface area contributed by atoms with Crippen molar-refractivity contribution in [3.05, 3.63) is 0 Å². The fourth-order valence-corrected chi connectivity index (χ4v) is 0.528. The summed E-state index contributed by atoms with van der Waals surface area (Å²) in [4.78, 5) is 20.2. The second-order valence-electron chi connectivity index (χ2n) is 2.41. The minimum atomic E-state index is -1.28. The van der Waals surface area contributed by atoms with Crippen molar-refractivity contribution in [1.82, 2.24) is 0 Å². The molecule has 0 heterocycles. The molecule has 92 valence electrons. The Bertz CT molecular complexity index is 148. The number of ketones is 1. The number of rotatable bonds is 4. The van der Waals surface area contributed by atoms with E-state index in [9.17, 15) is 14.7 Å². The first-order valence-electron chi connectivity index (χ1n) is 4.87. The average molecular weight is 246 g/mol. The van der Waals surface area contributed by atoms with Crippen LogP contribution in [0.5, 0.6) is 0 Å². The predicted octanol–water partition coefficient (Wildman–Crippen LogP) is -2.15. The summed E-state index contributed by atoms with van der Waals surface area (Å²) in [7, 11) is 0. The van der Waals surface area contributed by atoms with Crippen molar-refractivity contribution in [1.29, 1.82) is 0 Å². The van der Waals surface area contributed by atoms with E-state index in [0.717, 1.165) is 0 Å².